The Morgan fingerprint density at radius 1 is 1.38 bits per heavy atom. The zero-order valence-electron chi connectivity index (χ0n) is 9.37. The van der Waals surface area contributed by atoms with E-state index in [-0.39, 0.29) is 17.6 Å². The summed E-state index contributed by atoms with van der Waals surface area (Å²) >= 11 is 0. The normalized spacial score (nSPS) is 21.9. The number of nitrogens with two attached hydrogens (primary N) is 1. The summed E-state index contributed by atoms with van der Waals surface area (Å²) in [4.78, 5) is 32.7. The van der Waals surface area contributed by atoms with Crippen molar-refractivity contribution in [2.75, 3.05) is 0 Å². The van der Waals surface area contributed by atoms with Crippen molar-refractivity contribution in [2.45, 2.75) is 33.1 Å². The molecule has 0 atom stereocenters. The summed E-state index contributed by atoms with van der Waals surface area (Å²) in [5, 5.41) is 3.75. The molecular formula is C10H15N3O3. The van der Waals surface area contributed by atoms with Crippen molar-refractivity contribution in [2.24, 2.45) is 16.3 Å². The van der Waals surface area contributed by atoms with Crippen LogP contribution in [0.2, 0.25) is 0 Å². The van der Waals surface area contributed by atoms with E-state index in [1.165, 1.54) is 0 Å². The van der Waals surface area contributed by atoms with Crippen molar-refractivity contribution in [3.8, 4) is 0 Å². The Morgan fingerprint density at radius 2 is 2.00 bits per heavy atom. The minimum Gasteiger partial charge on any atom is -0.361 e. The Morgan fingerprint density at radius 3 is 2.50 bits per heavy atom. The Labute approximate surface area is 93.3 Å². The van der Waals surface area contributed by atoms with E-state index in [2.05, 4.69) is 5.10 Å². The van der Waals surface area contributed by atoms with Gasteiger partial charge in [0.2, 0.25) is 0 Å². The second kappa shape index (κ2) is 4.42. The highest BCUT2D eigenvalue weighted by molar-refractivity contribution is 6.34. The van der Waals surface area contributed by atoms with E-state index in [1.807, 2.05) is 19.3 Å². The number of hydrogen-bond donors (Lipinski definition) is 2. The maximum absolute atomic E-state index is 11.4. The van der Waals surface area contributed by atoms with Crippen molar-refractivity contribution in [1.29, 1.82) is 0 Å². The summed E-state index contributed by atoms with van der Waals surface area (Å²) in [6, 6.07) is 0. The van der Waals surface area contributed by atoms with Crippen molar-refractivity contribution >= 4 is 23.3 Å². The molecule has 0 aromatic heterocycles. The third-order valence-corrected chi connectivity index (χ3v) is 2.30. The average molecular weight is 225 g/mol. The van der Waals surface area contributed by atoms with Crippen molar-refractivity contribution in [3.05, 3.63) is 0 Å². The number of nitrogens with zero attached hydrogens (tertiary/aromatic N) is 1. The first-order valence-electron chi connectivity index (χ1n) is 4.97. The van der Waals surface area contributed by atoms with E-state index in [1.54, 1.807) is 0 Å². The predicted molar refractivity (Wildman–Crippen MR) is 57.4 cm³/mol. The second-order valence-electron chi connectivity index (χ2n) is 4.72. The van der Waals surface area contributed by atoms with Crippen LogP contribution < -0.4 is 11.2 Å². The Kier molecular flexibility index (Phi) is 3.41. The SMILES string of the molecule is CC1(C)CC(=O)C/C(=N\NC(=O)C(N)=O)C1. The summed E-state index contributed by atoms with van der Waals surface area (Å²) < 4.78 is 0. The third-order valence-electron chi connectivity index (χ3n) is 2.30. The zero-order chi connectivity index (χ0) is 12.3. The van der Waals surface area contributed by atoms with Crippen LogP contribution in [-0.2, 0) is 14.4 Å². The van der Waals surface area contributed by atoms with Crippen molar-refractivity contribution in [3.63, 3.8) is 0 Å². The lowest BCUT2D eigenvalue weighted by Crippen LogP contribution is -2.35. The summed E-state index contributed by atoms with van der Waals surface area (Å²) in [5.41, 5.74) is 7.21. The summed E-state index contributed by atoms with van der Waals surface area (Å²) in [6.07, 6.45) is 1.36. The van der Waals surface area contributed by atoms with Crippen LogP contribution in [0, 0.1) is 5.41 Å². The van der Waals surface area contributed by atoms with Crippen LogP contribution >= 0.6 is 0 Å². The van der Waals surface area contributed by atoms with E-state index in [0.717, 1.165) is 0 Å². The van der Waals surface area contributed by atoms with Gasteiger partial charge in [-0.15, -0.1) is 0 Å². The lowest BCUT2D eigenvalue weighted by molar-refractivity contribution is -0.137. The molecule has 0 aromatic rings. The molecule has 88 valence electrons. The fourth-order valence-corrected chi connectivity index (χ4v) is 1.77. The molecule has 6 heteroatoms. The Bertz CT molecular complexity index is 372. The lowest BCUT2D eigenvalue weighted by Gasteiger charge is -2.28. The fourth-order valence-electron chi connectivity index (χ4n) is 1.77. The highest BCUT2D eigenvalue weighted by Gasteiger charge is 2.30. The Balaban J connectivity index is 2.66. The number of rotatable bonds is 1. The molecule has 3 N–H and O–H groups in total. The van der Waals surface area contributed by atoms with Gasteiger partial charge in [-0.1, -0.05) is 13.8 Å². The molecule has 6 nitrogen and oxygen atoms in total. The first-order chi connectivity index (χ1) is 7.30. The molecule has 1 fully saturated rings. The van der Waals surface area contributed by atoms with Crippen LogP contribution in [0.5, 0.6) is 0 Å². The van der Waals surface area contributed by atoms with Gasteiger partial charge in [0.1, 0.15) is 5.78 Å². The Hall–Kier alpha value is -1.72. The second-order valence-corrected chi connectivity index (χ2v) is 4.72. The van der Waals surface area contributed by atoms with Gasteiger partial charge in [-0.2, -0.15) is 5.10 Å². The average Bonchev–Trinajstić information content (AvgIpc) is 2.10. The molecule has 1 rings (SSSR count). The third kappa shape index (κ3) is 3.45. The number of carbonyl (C=O) groups is 3. The van der Waals surface area contributed by atoms with Crippen molar-refractivity contribution < 1.29 is 14.4 Å². The monoisotopic (exact) mass is 225 g/mol. The highest BCUT2D eigenvalue weighted by Crippen LogP contribution is 2.31. The quantitative estimate of drug-likeness (QED) is 0.474. The minimum absolute atomic E-state index is 0.0864. The minimum atomic E-state index is -1.09. The van der Waals surface area contributed by atoms with Crippen LogP contribution in [0.3, 0.4) is 0 Å². The van der Waals surface area contributed by atoms with E-state index in [4.69, 9.17) is 5.73 Å². The largest absolute Gasteiger partial charge is 0.361 e. The van der Waals surface area contributed by atoms with Crippen LogP contribution in [0.4, 0.5) is 0 Å². The topological polar surface area (TPSA) is 102 Å². The van der Waals surface area contributed by atoms with Crippen LogP contribution in [-0.4, -0.2) is 23.3 Å². The van der Waals surface area contributed by atoms with Crippen LogP contribution in [0.25, 0.3) is 0 Å². The predicted octanol–water partition coefficient (Wildman–Crippen LogP) is -0.277. The molecule has 0 aliphatic heterocycles. The molecule has 0 spiro atoms. The van der Waals surface area contributed by atoms with Gasteiger partial charge in [-0.25, -0.2) is 5.43 Å². The lowest BCUT2D eigenvalue weighted by atomic mass is 9.76. The number of primary amides is 1. The molecule has 2 amide bonds. The summed E-state index contributed by atoms with van der Waals surface area (Å²) in [6.45, 7) is 3.91. The van der Waals surface area contributed by atoms with Gasteiger partial charge < -0.3 is 5.73 Å². The zero-order valence-corrected chi connectivity index (χ0v) is 9.37. The number of hydrazone groups is 1. The molecule has 16 heavy (non-hydrogen) atoms. The van der Waals surface area contributed by atoms with Gasteiger partial charge >= 0.3 is 11.8 Å². The maximum Gasteiger partial charge on any atom is 0.329 e. The number of Topliss-reactive ketones (excluding diaryl/α,β-unsaturated/α-hetero) is 1. The van der Waals surface area contributed by atoms with Gasteiger partial charge in [0.25, 0.3) is 0 Å². The molecule has 1 aliphatic carbocycles. The number of hydrogen-bond acceptors (Lipinski definition) is 4. The highest BCUT2D eigenvalue weighted by atomic mass is 16.2. The molecule has 0 saturated heterocycles. The first-order valence-corrected chi connectivity index (χ1v) is 4.97. The van der Waals surface area contributed by atoms with Crippen LogP contribution in [0.15, 0.2) is 5.10 Å². The molecule has 0 bridgehead atoms. The van der Waals surface area contributed by atoms with E-state index < -0.39 is 11.8 Å². The molecule has 1 saturated carbocycles. The van der Waals surface area contributed by atoms with Gasteiger partial charge in [-0.3, -0.25) is 14.4 Å². The molecular weight excluding hydrogens is 210 g/mol. The van der Waals surface area contributed by atoms with E-state index >= 15 is 0 Å². The first kappa shape index (κ1) is 12.4. The summed E-state index contributed by atoms with van der Waals surface area (Å²) in [7, 11) is 0. The van der Waals surface area contributed by atoms with Gasteiger partial charge in [0, 0.05) is 18.6 Å². The smallest absolute Gasteiger partial charge is 0.329 e. The molecule has 0 unspecified atom stereocenters. The standard InChI is InChI=1S/C10H15N3O3/c1-10(2)4-6(3-7(14)5-10)12-13-9(16)8(11)15/h3-5H2,1-2H3,(H2,11,15)(H,13,16)/b12-6+. The van der Waals surface area contributed by atoms with Crippen LogP contribution in [0.1, 0.15) is 33.1 Å². The molecule has 0 aromatic carbocycles. The summed E-state index contributed by atoms with van der Waals surface area (Å²) in [5.74, 6) is -1.97. The molecule has 1 aliphatic rings. The van der Waals surface area contributed by atoms with Gasteiger partial charge in [0.05, 0.1) is 0 Å². The number of amides is 2. The maximum atomic E-state index is 11.4. The van der Waals surface area contributed by atoms with Gasteiger partial charge in [0.15, 0.2) is 0 Å². The van der Waals surface area contributed by atoms with E-state index in [0.29, 0.717) is 18.6 Å². The number of ketones is 1. The number of carbonyl (C=O) groups excluding carboxylic acids is 3. The molecule has 0 radical (unpaired) electrons. The van der Waals surface area contributed by atoms with Gasteiger partial charge in [-0.05, 0) is 11.8 Å². The fraction of sp³-hybridized carbons (Fsp3) is 0.600. The van der Waals surface area contributed by atoms with Crippen molar-refractivity contribution in [1.82, 2.24) is 5.43 Å². The van der Waals surface area contributed by atoms with E-state index in [9.17, 15) is 14.4 Å². The number of nitrogens with one attached hydrogen (secondary N) is 1. The molecule has 0 heterocycles.